The van der Waals surface area contributed by atoms with Gasteiger partial charge in [0.05, 0.1) is 31.5 Å². The summed E-state index contributed by atoms with van der Waals surface area (Å²) in [4.78, 5) is 0. The van der Waals surface area contributed by atoms with Crippen molar-refractivity contribution in [3.05, 3.63) is 11.6 Å². The Kier molecular flexibility index (Phi) is 7.92. The molecule has 0 amide bonds. The highest BCUT2D eigenvalue weighted by molar-refractivity contribution is 5.25. The summed E-state index contributed by atoms with van der Waals surface area (Å²) in [5, 5.41) is 29.5. The SMILES string of the molecule is C[C@H](CCC(C)(C)O)C1CCC2[C@@H]3CC=C4C[C@@H](OCC(C)(CO)CO)CCC4(C)C3CC[C@@]21C. The number of allylic oxidation sites excluding steroid dienone is 1. The maximum absolute atomic E-state index is 10.3. The van der Waals surface area contributed by atoms with E-state index < -0.39 is 11.0 Å². The quantitative estimate of drug-likeness (QED) is 0.340. The van der Waals surface area contributed by atoms with Gasteiger partial charge in [-0.25, -0.2) is 0 Å². The molecule has 4 aliphatic carbocycles. The summed E-state index contributed by atoms with van der Waals surface area (Å²) in [6.07, 6.45) is 14.9. The summed E-state index contributed by atoms with van der Waals surface area (Å²) in [6, 6.07) is 0. The lowest BCUT2D eigenvalue weighted by Crippen LogP contribution is -2.51. The summed E-state index contributed by atoms with van der Waals surface area (Å²) < 4.78 is 6.25. The minimum atomic E-state index is -0.554. The lowest BCUT2D eigenvalue weighted by atomic mass is 9.47. The Morgan fingerprint density at radius 2 is 1.74 bits per heavy atom. The molecule has 4 nitrogen and oxygen atoms in total. The zero-order valence-corrected chi connectivity index (χ0v) is 23.5. The highest BCUT2D eigenvalue weighted by Gasteiger charge is 2.59. The van der Waals surface area contributed by atoms with Crippen LogP contribution in [0, 0.1) is 45.8 Å². The molecular formula is C31H54O4. The Bertz CT molecular complexity index is 764. The number of hydrogen-bond acceptors (Lipinski definition) is 4. The van der Waals surface area contributed by atoms with Gasteiger partial charge >= 0.3 is 0 Å². The van der Waals surface area contributed by atoms with Crippen molar-refractivity contribution in [3.8, 4) is 0 Å². The summed E-state index contributed by atoms with van der Waals surface area (Å²) >= 11 is 0. The third kappa shape index (κ3) is 5.29. The van der Waals surface area contributed by atoms with Crippen LogP contribution in [0.5, 0.6) is 0 Å². The van der Waals surface area contributed by atoms with Gasteiger partial charge in [-0.15, -0.1) is 0 Å². The van der Waals surface area contributed by atoms with Crippen molar-refractivity contribution in [2.24, 2.45) is 45.8 Å². The molecule has 8 atom stereocenters. The third-order valence-corrected chi connectivity index (χ3v) is 11.5. The molecule has 4 unspecified atom stereocenters. The van der Waals surface area contributed by atoms with Gasteiger partial charge in [0.1, 0.15) is 0 Å². The molecule has 0 aromatic carbocycles. The first-order valence-electron chi connectivity index (χ1n) is 14.6. The molecule has 0 bridgehead atoms. The molecule has 0 aromatic rings. The van der Waals surface area contributed by atoms with Crippen molar-refractivity contribution in [2.45, 2.75) is 117 Å². The average molecular weight is 491 g/mol. The monoisotopic (exact) mass is 490 g/mol. The molecule has 3 fully saturated rings. The van der Waals surface area contributed by atoms with E-state index in [9.17, 15) is 15.3 Å². The Hall–Kier alpha value is -0.420. The van der Waals surface area contributed by atoms with E-state index in [4.69, 9.17) is 4.74 Å². The number of hydrogen-bond donors (Lipinski definition) is 3. The first-order chi connectivity index (χ1) is 16.4. The fourth-order valence-corrected chi connectivity index (χ4v) is 8.99. The van der Waals surface area contributed by atoms with E-state index in [1.165, 1.54) is 38.5 Å². The van der Waals surface area contributed by atoms with Crippen LogP contribution < -0.4 is 0 Å². The lowest BCUT2D eigenvalue weighted by molar-refractivity contribution is -0.0821. The standard InChI is InChI=1S/C31H54O4/c1-21(11-14-28(2,3)34)25-9-10-26-24-8-7-22-17-23(35-20-29(4,18-32)19-33)12-15-30(22,5)27(24)13-16-31(25,26)6/h7,21,23-27,32-34H,8-20H2,1-6H3/t21-,23+,24+,25?,26?,27?,30?,31-/m1/s1. The van der Waals surface area contributed by atoms with E-state index in [0.29, 0.717) is 23.4 Å². The van der Waals surface area contributed by atoms with Crippen LogP contribution >= 0.6 is 0 Å². The van der Waals surface area contributed by atoms with Crippen molar-refractivity contribution < 1.29 is 20.1 Å². The van der Waals surface area contributed by atoms with E-state index >= 15 is 0 Å². The fraction of sp³-hybridized carbons (Fsp3) is 0.935. The highest BCUT2D eigenvalue weighted by Crippen LogP contribution is 2.67. The van der Waals surface area contributed by atoms with Crippen LogP contribution in [0.2, 0.25) is 0 Å². The normalized spacial score (nSPS) is 40.5. The molecule has 0 spiro atoms. The van der Waals surface area contributed by atoms with Crippen LogP contribution in [0.15, 0.2) is 11.6 Å². The van der Waals surface area contributed by atoms with E-state index in [0.717, 1.165) is 49.4 Å². The van der Waals surface area contributed by atoms with E-state index in [2.05, 4.69) is 26.8 Å². The van der Waals surface area contributed by atoms with Crippen molar-refractivity contribution in [1.29, 1.82) is 0 Å². The Balaban J connectivity index is 1.43. The van der Waals surface area contributed by atoms with Crippen molar-refractivity contribution in [1.82, 2.24) is 0 Å². The zero-order chi connectivity index (χ0) is 25.6. The van der Waals surface area contributed by atoms with Crippen LogP contribution in [-0.2, 0) is 4.74 Å². The predicted octanol–water partition coefficient (Wildman–Crippen LogP) is 6.13. The topological polar surface area (TPSA) is 69.9 Å². The molecule has 0 radical (unpaired) electrons. The number of aliphatic hydroxyl groups is 3. The van der Waals surface area contributed by atoms with Gasteiger partial charge in [-0.3, -0.25) is 0 Å². The summed E-state index contributed by atoms with van der Waals surface area (Å²) in [5.74, 6) is 3.94. The van der Waals surface area contributed by atoms with E-state index in [1.807, 2.05) is 20.8 Å². The van der Waals surface area contributed by atoms with E-state index in [1.54, 1.807) is 5.57 Å². The molecular weight excluding hydrogens is 436 g/mol. The van der Waals surface area contributed by atoms with Crippen molar-refractivity contribution in [2.75, 3.05) is 19.8 Å². The van der Waals surface area contributed by atoms with Gasteiger partial charge in [0.15, 0.2) is 0 Å². The van der Waals surface area contributed by atoms with Crippen LogP contribution in [-0.4, -0.2) is 46.8 Å². The van der Waals surface area contributed by atoms with Crippen molar-refractivity contribution in [3.63, 3.8) is 0 Å². The number of ether oxygens (including phenoxy) is 1. The van der Waals surface area contributed by atoms with Crippen LogP contribution in [0.3, 0.4) is 0 Å². The van der Waals surface area contributed by atoms with Gasteiger partial charge in [-0.1, -0.05) is 39.3 Å². The number of fused-ring (bicyclic) bond motifs is 5. The minimum Gasteiger partial charge on any atom is -0.396 e. The summed E-state index contributed by atoms with van der Waals surface area (Å²) in [5.41, 5.74) is 1.29. The molecule has 0 aromatic heterocycles. The van der Waals surface area contributed by atoms with Crippen LogP contribution in [0.4, 0.5) is 0 Å². The molecule has 0 heterocycles. The molecule has 4 aliphatic rings. The van der Waals surface area contributed by atoms with Gasteiger partial charge < -0.3 is 20.1 Å². The molecule has 35 heavy (non-hydrogen) atoms. The Morgan fingerprint density at radius 1 is 1.03 bits per heavy atom. The molecule has 0 saturated heterocycles. The molecule has 4 rings (SSSR count). The predicted molar refractivity (Wildman–Crippen MR) is 142 cm³/mol. The summed E-state index contributed by atoms with van der Waals surface area (Å²) in [7, 11) is 0. The van der Waals surface area contributed by atoms with Gasteiger partial charge in [-0.2, -0.15) is 0 Å². The van der Waals surface area contributed by atoms with Crippen LogP contribution in [0.1, 0.15) is 106 Å². The van der Waals surface area contributed by atoms with Gasteiger partial charge in [0, 0.05) is 5.41 Å². The fourth-order valence-electron chi connectivity index (χ4n) is 8.99. The third-order valence-electron chi connectivity index (χ3n) is 11.5. The second-order valence-electron chi connectivity index (χ2n) is 14.6. The molecule has 3 saturated carbocycles. The first kappa shape index (κ1) is 27.6. The average Bonchev–Trinajstić information content (AvgIpc) is 3.17. The van der Waals surface area contributed by atoms with Gasteiger partial charge in [0.2, 0.25) is 0 Å². The second-order valence-corrected chi connectivity index (χ2v) is 14.6. The molecule has 3 N–H and O–H groups in total. The Labute approximate surface area is 214 Å². The van der Waals surface area contributed by atoms with E-state index in [-0.39, 0.29) is 19.3 Å². The minimum absolute atomic E-state index is 0.0437. The second kappa shape index (κ2) is 10.0. The smallest absolute Gasteiger partial charge is 0.0613 e. The highest BCUT2D eigenvalue weighted by atomic mass is 16.5. The number of rotatable bonds is 9. The molecule has 4 heteroatoms. The lowest BCUT2D eigenvalue weighted by Gasteiger charge is -2.58. The summed E-state index contributed by atoms with van der Waals surface area (Å²) in [6.45, 7) is 13.8. The first-order valence-corrected chi connectivity index (χ1v) is 14.6. The van der Waals surface area contributed by atoms with Gasteiger partial charge in [0.25, 0.3) is 0 Å². The number of aliphatic hydroxyl groups excluding tert-OH is 2. The Morgan fingerprint density at radius 3 is 2.40 bits per heavy atom. The largest absolute Gasteiger partial charge is 0.396 e. The molecule has 0 aliphatic heterocycles. The maximum atomic E-state index is 10.3. The van der Waals surface area contributed by atoms with Crippen molar-refractivity contribution >= 4 is 0 Å². The maximum Gasteiger partial charge on any atom is 0.0613 e. The molecule has 202 valence electrons. The van der Waals surface area contributed by atoms with Crippen LogP contribution in [0.25, 0.3) is 0 Å². The van der Waals surface area contributed by atoms with Gasteiger partial charge in [-0.05, 0) is 118 Å². The zero-order valence-electron chi connectivity index (χ0n) is 23.5.